The van der Waals surface area contributed by atoms with Gasteiger partial charge in [0, 0.05) is 37.6 Å². The van der Waals surface area contributed by atoms with E-state index in [-0.39, 0.29) is 5.41 Å². The maximum Gasteiger partial charge on any atom is 0.100 e. The molecule has 0 spiro atoms. The fourth-order valence-electron chi connectivity index (χ4n) is 4.71. The van der Waals surface area contributed by atoms with Crippen molar-refractivity contribution in [3.8, 4) is 6.07 Å². The van der Waals surface area contributed by atoms with Crippen molar-refractivity contribution >= 4 is 0 Å². The minimum Gasteiger partial charge on any atom is -0.353 e. The summed E-state index contributed by atoms with van der Waals surface area (Å²) >= 11 is 0. The molecule has 1 aromatic carbocycles. The molecule has 118 valence electrons. The Balaban J connectivity index is 1.60. The Kier molecular flexibility index (Phi) is 3.50. The van der Waals surface area contributed by atoms with Crippen LogP contribution in [0, 0.1) is 11.3 Å². The Morgan fingerprint density at radius 1 is 1.09 bits per heavy atom. The lowest BCUT2D eigenvalue weighted by Crippen LogP contribution is -2.49. The fourth-order valence-corrected chi connectivity index (χ4v) is 4.71. The summed E-state index contributed by atoms with van der Waals surface area (Å²) in [6.45, 7) is 1.02. The third kappa shape index (κ3) is 2.38. The van der Waals surface area contributed by atoms with E-state index in [9.17, 15) is 5.26 Å². The van der Waals surface area contributed by atoms with Gasteiger partial charge in [0.25, 0.3) is 0 Å². The average Bonchev–Trinajstić information content (AvgIpc) is 3.10. The average molecular weight is 305 g/mol. The maximum absolute atomic E-state index is 10.00. The van der Waals surface area contributed by atoms with E-state index in [1.807, 2.05) is 0 Å². The molecule has 2 fully saturated rings. The first kappa shape index (κ1) is 14.5. The van der Waals surface area contributed by atoms with Gasteiger partial charge in [-0.1, -0.05) is 30.3 Å². The van der Waals surface area contributed by atoms with Crippen LogP contribution in [-0.4, -0.2) is 21.6 Å². The lowest BCUT2D eigenvalue weighted by Gasteiger charge is -2.43. The number of benzene rings is 1. The molecule has 0 radical (unpaired) electrons. The predicted octanol–water partition coefficient (Wildman–Crippen LogP) is 3.61. The number of aromatic nitrogens is 1. The summed E-state index contributed by atoms with van der Waals surface area (Å²) in [5, 5.41) is 10.00. The molecule has 3 heterocycles. The van der Waals surface area contributed by atoms with Crippen LogP contribution in [-0.2, 0) is 19.0 Å². The summed E-state index contributed by atoms with van der Waals surface area (Å²) in [7, 11) is 2.06. The first-order chi connectivity index (χ1) is 11.2. The monoisotopic (exact) mass is 305 g/mol. The first-order valence-corrected chi connectivity index (χ1v) is 8.54. The quantitative estimate of drug-likeness (QED) is 0.867. The van der Waals surface area contributed by atoms with Crippen LogP contribution in [0.1, 0.15) is 36.9 Å². The van der Waals surface area contributed by atoms with Crippen molar-refractivity contribution in [2.45, 2.75) is 49.7 Å². The summed E-state index contributed by atoms with van der Waals surface area (Å²) in [6.07, 6.45) is 6.44. The Bertz CT molecular complexity index is 711. The molecule has 3 nitrogen and oxygen atoms in total. The molecule has 2 aliphatic rings. The number of fused-ring (bicyclic) bond motifs is 2. The van der Waals surface area contributed by atoms with Gasteiger partial charge in [0.2, 0.25) is 0 Å². The molecule has 2 unspecified atom stereocenters. The van der Waals surface area contributed by atoms with Gasteiger partial charge in [0.15, 0.2) is 0 Å². The van der Waals surface area contributed by atoms with Gasteiger partial charge >= 0.3 is 0 Å². The van der Waals surface area contributed by atoms with Crippen molar-refractivity contribution in [1.82, 2.24) is 9.47 Å². The molecule has 1 aromatic heterocycles. The van der Waals surface area contributed by atoms with Crippen LogP contribution in [0.3, 0.4) is 0 Å². The molecule has 2 saturated heterocycles. The van der Waals surface area contributed by atoms with E-state index in [1.54, 1.807) is 0 Å². The standard InChI is InChI=1S/C20H23N3/c1-22-11-5-8-19(22)20(15-21)12-17-9-10-18(13-20)23(17)14-16-6-3-2-4-7-16/h2-8,11,17-18H,9-10,12-14H2,1H3. The summed E-state index contributed by atoms with van der Waals surface area (Å²) in [4.78, 5) is 2.65. The molecule has 2 aromatic rings. The van der Waals surface area contributed by atoms with Crippen molar-refractivity contribution in [1.29, 1.82) is 5.26 Å². The van der Waals surface area contributed by atoms with Gasteiger partial charge in [-0.15, -0.1) is 0 Å². The second-order valence-corrected chi connectivity index (χ2v) is 7.15. The van der Waals surface area contributed by atoms with Crippen LogP contribution < -0.4 is 0 Å². The van der Waals surface area contributed by atoms with Crippen LogP contribution in [0.2, 0.25) is 0 Å². The van der Waals surface area contributed by atoms with E-state index in [2.05, 4.69) is 71.2 Å². The molecule has 0 N–H and O–H groups in total. The van der Waals surface area contributed by atoms with Gasteiger partial charge in [-0.3, -0.25) is 4.90 Å². The Morgan fingerprint density at radius 2 is 1.78 bits per heavy atom. The topological polar surface area (TPSA) is 32.0 Å². The van der Waals surface area contributed by atoms with E-state index in [4.69, 9.17) is 0 Å². The summed E-state index contributed by atoms with van der Waals surface area (Å²) < 4.78 is 2.13. The largest absolute Gasteiger partial charge is 0.353 e. The number of hydrogen-bond donors (Lipinski definition) is 0. The van der Waals surface area contributed by atoms with Crippen LogP contribution in [0.15, 0.2) is 48.7 Å². The molecular formula is C20H23N3. The van der Waals surface area contributed by atoms with Gasteiger partial charge in [0.1, 0.15) is 5.41 Å². The SMILES string of the molecule is Cn1cccc1C1(C#N)CC2CCC(C1)N2Cc1ccccc1. The van der Waals surface area contributed by atoms with E-state index in [0.29, 0.717) is 12.1 Å². The minimum absolute atomic E-state index is 0.308. The number of piperidine rings is 1. The maximum atomic E-state index is 10.00. The minimum atomic E-state index is -0.308. The second kappa shape index (κ2) is 5.54. The molecule has 2 atom stereocenters. The van der Waals surface area contributed by atoms with Crippen molar-refractivity contribution in [2.75, 3.05) is 0 Å². The summed E-state index contributed by atoms with van der Waals surface area (Å²) in [6, 6.07) is 18.7. The molecule has 3 heteroatoms. The number of nitriles is 1. The van der Waals surface area contributed by atoms with Crippen LogP contribution in [0.25, 0.3) is 0 Å². The predicted molar refractivity (Wildman–Crippen MR) is 90.7 cm³/mol. The van der Waals surface area contributed by atoms with Gasteiger partial charge in [-0.25, -0.2) is 0 Å². The molecule has 0 aliphatic carbocycles. The van der Waals surface area contributed by atoms with E-state index < -0.39 is 0 Å². The third-order valence-electron chi connectivity index (χ3n) is 5.80. The zero-order valence-corrected chi connectivity index (χ0v) is 13.7. The Morgan fingerprint density at radius 3 is 2.35 bits per heavy atom. The lowest BCUT2D eigenvalue weighted by molar-refractivity contribution is 0.0950. The molecule has 0 amide bonds. The van der Waals surface area contributed by atoms with Crippen LogP contribution in [0.5, 0.6) is 0 Å². The van der Waals surface area contributed by atoms with E-state index in [1.165, 1.54) is 24.1 Å². The number of aryl methyl sites for hydroxylation is 1. The van der Waals surface area contributed by atoms with Crippen LogP contribution >= 0.6 is 0 Å². The smallest absolute Gasteiger partial charge is 0.100 e. The third-order valence-corrected chi connectivity index (χ3v) is 5.80. The second-order valence-electron chi connectivity index (χ2n) is 7.15. The zero-order valence-electron chi connectivity index (χ0n) is 13.7. The Hall–Kier alpha value is -2.05. The van der Waals surface area contributed by atoms with E-state index >= 15 is 0 Å². The summed E-state index contributed by atoms with van der Waals surface area (Å²) in [5.41, 5.74) is 2.26. The Labute approximate surface area is 138 Å². The molecular weight excluding hydrogens is 282 g/mol. The first-order valence-electron chi connectivity index (χ1n) is 8.54. The number of nitrogens with zero attached hydrogens (tertiary/aromatic N) is 3. The number of hydrogen-bond acceptors (Lipinski definition) is 2. The van der Waals surface area contributed by atoms with Gasteiger partial charge in [0.05, 0.1) is 6.07 Å². The summed E-state index contributed by atoms with van der Waals surface area (Å²) in [5.74, 6) is 0. The van der Waals surface area contributed by atoms with Gasteiger partial charge in [-0.05, 0) is 43.4 Å². The lowest BCUT2D eigenvalue weighted by atomic mass is 9.73. The highest BCUT2D eigenvalue weighted by atomic mass is 15.2. The zero-order chi connectivity index (χ0) is 15.9. The molecule has 0 saturated carbocycles. The number of rotatable bonds is 3. The fraction of sp³-hybridized carbons (Fsp3) is 0.450. The molecule has 2 bridgehead atoms. The molecule has 23 heavy (non-hydrogen) atoms. The van der Waals surface area contributed by atoms with Gasteiger partial charge in [-0.2, -0.15) is 5.26 Å². The van der Waals surface area contributed by atoms with Crippen molar-refractivity contribution < 1.29 is 0 Å². The van der Waals surface area contributed by atoms with Crippen molar-refractivity contribution in [3.05, 3.63) is 59.9 Å². The van der Waals surface area contributed by atoms with Crippen LogP contribution in [0.4, 0.5) is 0 Å². The highest BCUT2D eigenvalue weighted by Gasteiger charge is 2.50. The van der Waals surface area contributed by atoms with Crippen molar-refractivity contribution in [2.24, 2.45) is 7.05 Å². The normalized spacial score (nSPS) is 30.3. The molecule has 4 rings (SSSR count). The van der Waals surface area contributed by atoms with Crippen molar-refractivity contribution in [3.63, 3.8) is 0 Å². The molecule has 2 aliphatic heterocycles. The highest BCUT2D eigenvalue weighted by Crippen LogP contribution is 2.47. The highest BCUT2D eigenvalue weighted by molar-refractivity contribution is 5.32. The van der Waals surface area contributed by atoms with E-state index in [0.717, 1.165) is 19.4 Å². The van der Waals surface area contributed by atoms with Gasteiger partial charge < -0.3 is 4.57 Å².